The maximum Gasteiger partial charge on any atom is 0.0345 e. The van der Waals surface area contributed by atoms with Crippen LogP contribution < -0.4 is 5.32 Å². The van der Waals surface area contributed by atoms with Gasteiger partial charge in [0.15, 0.2) is 0 Å². The molecule has 100 valence electrons. The molecule has 0 bridgehead atoms. The highest BCUT2D eigenvalue weighted by Gasteiger charge is 2.28. The van der Waals surface area contributed by atoms with Crippen LogP contribution in [0, 0.1) is 0 Å². The van der Waals surface area contributed by atoms with E-state index in [1.165, 1.54) is 36.9 Å². The van der Waals surface area contributed by atoms with Gasteiger partial charge in [0.25, 0.3) is 0 Å². The highest BCUT2D eigenvalue weighted by molar-refractivity contribution is 5.32. The summed E-state index contributed by atoms with van der Waals surface area (Å²) in [7, 11) is 0. The van der Waals surface area contributed by atoms with Crippen LogP contribution in [0.4, 0.5) is 0 Å². The molecule has 19 heavy (non-hydrogen) atoms. The molecule has 0 spiro atoms. The zero-order valence-electron chi connectivity index (χ0n) is 11.7. The van der Waals surface area contributed by atoms with Crippen LogP contribution in [-0.2, 0) is 0 Å². The van der Waals surface area contributed by atoms with Crippen LogP contribution in [0.3, 0.4) is 0 Å². The van der Waals surface area contributed by atoms with Crippen LogP contribution in [0.2, 0.25) is 0 Å². The largest absolute Gasteiger partial charge is 0.380 e. The summed E-state index contributed by atoms with van der Waals surface area (Å²) in [5.74, 6) is 0.545. The van der Waals surface area contributed by atoms with E-state index in [4.69, 9.17) is 0 Å². The second-order valence-corrected chi connectivity index (χ2v) is 6.16. The Balaban J connectivity index is 1.63. The van der Waals surface area contributed by atoms with E-state index in [-0.39, 0.29) is 0 Å². The molecule has 0 aliphatic heterocycles. The molecule has 1 nitrogen and oxygen atoms in total. The van der Waals surface area contributed by atoms with Gasteiger partial charge in [-0.25, -0.2) is 0 Å². The van der Waals surface area contributed by atoms with Crippen molar-refractivity contribution >= 4 is 0 Å². The normalized spacial score (nSPS) is 25.1. The molecular formula is C18H23N. The molecule has 2 aliphatic carbocycles. The molecule has 1 atom stereocenters. The van der Waals surface area contributed by atoms with Crippen LogP contribution in [0.5, 0.6) is 0 Å². The molecule has 0 amide bonds. The number of rotatable bonds is 3. The molecule has 1 fully saturated rings. The second-order valence-electron chi connectivity index (χ2n) is 6.16. The predicted octanol–water partition coefficient (Wildman–Crippen LogP) is 4.54. The first-order valence-electron chi connectivity index (χ1n) is 7.47. The average Bonchev–Trinajstić information content (AvgIpc) is 2.87. The molecular weight excluding hydrogens is 230 g/mol. The van der Waals surface area contributed by atoms with Crippen LogP contribution >= 0.6 is 0 Å². The van der Waals surface area contributed by atoms with Gasteiger partial charge in [-0.2, -0.15) is 0 Å². The smallest absolute Gasteiger partial charge is 0.0345 e. The van der Waals surface area contributed by atoms with E-state index >= 15 is 0 Å². The predicted molar refractivity (Wildman–Crippen MR) is 81.0 cm³/mol. The summed E-state index contributed by atoms with van der Waals surface area (Å²) in [4.78, 5) is 0. The third-order valence-corrected chi connectivity index (χ3v) is 4.48. The lowest BCUT2D eigenvalue weighted by Gasteiger charge is -2.29. The summed E-state index contributed by atoms with van der Waals surface area (Å²) in [6.07, 6.45) is 13.4. The van der Waals surface area contributed by atoms with Crippen molar-refractivity contribution in [3.63, 3.8) is 0 Å². The van der Waals surface area contributed by atoms with Crippen LogP contribution in [0.15, 0.2) is 54.3 Å². The first-order chi connectivity index (χ1) is 9.25. The fraction of sp³-hybridized carbons (Fsp3) is 0.444. The number of benzene rings is 1. The van der Waals surface area contributed by atoms with Crippen molar-refractivity contribution in [1.82, 2.24) is 5.32 Å². The van der Waals surface area contributed by atoms with Crippen molar-refractivity contribution in [1.29, 1.82) is 0 Å². The summed E-state index contributed by atoms with van der Waals surface area (Å²) in [6, 6.07) is 10.8. The molecule has 3 rings (SSSR count). The van der Waals surface area contributed by atoms with Crippen LogP contribution in [0.1, 0.15) is 50.5 Å². The first kappa shape index (κ1) is 12.5. The van der Waals surface area contributed by atoms with Gasteiger partial charge >= 0.3 is 0 Å². The summed E-state index contributed by atoms with van der Waals surface area (Å²) in [6.45, 7) is 2.36. The summed E-state index contributed by atoms with van der Waals surface area (Å²) in [5.41, 5.74) is 3.06. The minimum absolute atomic E-state index is 0.329. The van der Waals surface area contributed by atoms with Crippen LogP contribution in [0.25, 0.3) is 0 Å². The van der Waals surface area contributed by atoms with E-state index in [1.807, 2.05) is 0 Å². The van der Waals surface area contributed by atoms with Gasteiger partial charge in [-0.15, -0.1) is 0 Å². The fourth-order valence-corrected chi connectivity index (χ4v) is 3.29. The minimum atomic E-state index is 0.329. The molecule has 1 unspecified atom stereocenters. The van der Waals surface area contributed by atoms with Gasteiger partial charge < -0.3 is 5.32 Å². The zero-order valence-corrected chi connectivity index (χ0v) is 11.7. The van der Waals surface area contributed by atoms with Crippen molar-refractivity contribution in [2.75, 3.05) is 0 Å². The Kier molecular flexibility index (Phi) is 3.46. The molecule has 0 aromatic heterocycles. The average molecular weight is 253 g/mol. The summed E-state index contributed by atoms with van der Waals surface area (Å²) in [5, 5.41) is 3.74. The maximum absolute atomic E-state index is 3.74. The topological polar surface area (TPSA) is 12.0 Å². The van der Waals surface area contributed by atoms with Crippen molar-refractivity contribution in [3.8, 4) is 0 Å². The quantitative estimate of drug-likeness (QED) is 0.834. The number of nitrogens with one attached hydrogen (secondary N) is 1. The summed E-state index contributed by atoms with van der Waals surface area (Å²) >= 11 is 0. The van der Waals surface area contributed by atoms with Crippen LogP contribution in [-0.4, -0.2) is 5.54 Å². The highest BCUT2D eigenvalue weighted by atomic mass is 15.0. The molecule has 1 N–H and O–H groups in total. The second kappa shape index (κ2) is 5.24. The van der Waals surface area contributed by atoms with Crippen molar-refractivity contribution in [2.45, 2.75) is 50.5 Å². The molecule has 2 aliphatic rings. The Morgan fingerprint density at radius 2 is 1.84 bits per heavy atom. The van der Waals surface area contributed by atoms with Crippen molar-refractivity contribution < 1.29 is 0 Å². The lowest BCUT2D eigenvalue weighted by atomic mass is 9.91. The first-order valence-corrected chi connectivity index (χ1v) is 7.47. The third-order valence-electron chi connectivity index (χ3n) is 4.48. The summed E-state index contributed by atoms with van der Waals surface area (Å²) < 4.78 is 0. The van der Waals surface area contributed by atoms with Crippen molar-refractivity contribution in [3.05, 3.63) is 59.8 Å². The standard InChI is InChI=1S/C18H23N/c1-18(13-5-6-14-18)19-17-11-9-16(10-12-17)15-7-3-2-4-8-15/h2-4,7-9,11-12,16,19H,5-6,10,13-14H2,1H3. The third kappa shape index (κ3) is 2.91. The zero-order chi connectivity index (χ0) is 13.1. The van der Waals surface area contributed by atoms with E-state index in [2.05, 4.69) is 60.8 Å². The fourth-order valence-electron chi connectivity index (χ4n) is 3.29. The molecule has 1 aromatic rings. The Labute approximate surface area is 116 Å². The van der Waals surface area contributed by atoms with Gasteiger partial charge in [0.05, 0.1) is 0 Å². The van der Waals surface area contributed by atoms with E-state index in [0.717, 1.165) is 6.42 Å². The van der Waals surface area contributed by atoms with Gasteiger partial charge in [-0.05, 0) is 37.8 Å². The molecule has 0 heterocycles. The van der Waals surface area contributed by atoms with E-state index in [9.17, 15) is 0 Å². The number of hydrogen-bond donors (Lipinski definition) is 1. The van der Waals surface area contributed by atoms with E-state index < -0.39 is 0 Å². The number of allylic oxidation sites excluding steroid dienone is 3. The Morgan fingerprint density at radius 3 is 2.47 bits per heavy atom. The Bertz CT molecular complexity index is 478. The SMILES string of the molecule is CC1(NC2=CCC(c3ccccc3)C=C2)CCCC1. The van der Waals surface area contributed by atoms with Gasteiger partial charge in [0.2, 0.25) is 0 Å². The van der Waals surface area contributed by atoms with E-state index in [0.29, 0.717) is 11.5 Å². The van der Waals surface area contributed by atoms with Gasteiger partial charge in [-0.1, -0.05) is 55.3 Å². The lowest BCUT2D eigenvalue weighted by Crippen LogP contribution is -2.38. The van der Waals surface area contributed by atoms with Crippen molar-refractivity contribution in [2.24, 2.45) is 0 Å². The molecule has 1 saturated carbocycles. The Morgan fingerprint density at radius 1 is 1.11 bits per heavy atom. The number of hydrogen-bond acceptors (Lipinski definition) is 1. The maximum atomic E-state index is 3.74. The lowest BCUT2D eigenvalue weighted by molar-refractivity contribution is 0.404. The monoisotopic (exact) mass is 253 g/mol. The minimum Gasteiger partial charge on any atom is -0.380 e. The van der Waals surface area contributed by atoms with E-state index in [1.54, 1.807) is 0 Å². The molecule has 1 heteroatoms. The highest BCUT2D eigenvalue weighted by Crippen LogP contribution is 2.32. The Hall–Kier alpha value is -1.50. The van der Waals surface area contributed by atoms with Gasteiger partial charge in [0, 0.05) is 17.2 Å². The van der Waals surface area contributed by atoms with Gasteiger partial charge in [-0.3, -0.25) is 0 Å². The van der Waals surface area contributed by atoms with Gasteiger partial charge in [0.1, 0.15) is 0 Å². The molecule has 0 radical (unpaired) electrons. The molecule has 1 aromatic carbocycles. The molecule has 0 saturated heterocycles.